The summed E-state index contributed by atoms with van der Waals surface area (Å²) in [5, 5.41) is 8.93. The molecule has 0 saturated carbocycles. The molecule has 7 nitrogen and oxygen atoms in total. The van der Waals surface area contributed by atoms with E-state index in [9.17, 15) is 9.59 Å². The van der Waals surface area contributed by atoms with E-state index in [0.29, 0.717) is 13.2 Å². The smallest absolute Gasteiger partial charge is 0.354 e. The zero-order chi connectivity index (χ0) is 13.7. The normalized spacial score (nSPS) is 10.7. The lowest BCUT2D eigenvalue weighted by Crippen LogP contribution is -2.40. The molecule has 0 spiro atoms. The second-order valence-corrected chi connectivity index (χ2v) is 4.02. The molecule has 2 N–H and O–H groups in total. The van der Waals surface area contributed by atoms with Gasteiger partial charge in [0, 0.05) is 19.7 Å². The molecular weight excluding hydrogens is 238 g/mol. The second kappa shape index (κ2) is 6.15. The van der Waals surface area contributed by atoms with Crippen LogP contribution in [0.3, 0.4) is 0 Å². The SMILES string of the molecule is COCCN(C(=O)c1nc[nH]c1C(=O)O)C(C)C. The molecule has 1 rings (SSSR count). The molecule has 1 heterocycles. The number of aromatic nitrogens is 2. The summed E-state index contributed by atoms with van der Waals surface area (Å²) in [4.78, 5) is 30.9. The van der Waals surface area contributed by atoms with Crippen LogP contribution >= 0.6 is 0 Å². The number of carbonyl (C=O) groups is 2. The Morgan fingerprint density at radius 3 is 2.72 bits per heavy atom. The summed E-state index contributed by atoms with van der Waals surface area (Å²) in [5.41, 5.74) is -0.268. The average Bonchev–Trinajstić information content (AvgIpc) is 2.77. The molecule has 0 radical (unpaired) electrons. The number of imidazole rings is 1. The maximum absolute atomic E-state index is 12.2. The molecule has 0 aliphatic rings. The van der Waals surface area contributed by atoms with Gasteiger partial charge in [0.05, 0.1) is 12.9 Å². The van der Waals surface area contributed by atoms with Crippen LogP contribution in [0.15, 0.2) is 6.33 Å². The Bertz CT molecular complexity index is 428. The summed E-state index contributed by atoms with van der Waals surface area (Å²) in [6.07, 6.45) is 1.20. The molecule has 0 atom stereocenters. The van der Waals surface area contributed by atoms with Gasteiger partial charge in [-0.15, -0.1) is 0 Å². The van der Waals surface area contributed by atoms with Crippen molar-refractivity contribution in [2.24, 2.45) is 0 Å². The van der Waals surface area contributed by atoms with Crippen LogP contribution in [-0.4, -0.2) is 58.2 Å². The Morgan fingerprint density at radius 2 is 2.22 bits per heavy atom. The molecule has 0 aromatic carbocycles. The Kier molecular flexibility index (Phi) is 4.85. The number of aromatic carboxylic acids is 1. The van der Waals surface area contributed by atoms with Gasteiger partial charge in [0.2, 0.25) is 0 Å². The molecule has 0 unspecified atom stereocenters. The highest BCUT2D eigenvalue weighted by atomic mass is 16.5. The first-order valence-electron chi connectivity index (χ1n) is 5.55. The highest BCUT2D eigenvalue weighted by Gasteiger charge is 2.25. The molecule has 0 bridgehead atoms. The quantitative estimate of drug-likeness (QED) is 0.776. The number of carboxylic acids is 1. The molecule has 18 heavy (non-hydrogen) atoms. The van der Waals surface area contributed by atoms with Crippen molar-refractivity contribution in [1.82, 2.24) is 14.9 Å². The van der Waals surface area contributed by atoms with Crippen LogP contribution < -0.4 is 0 Å². The van der Waals surface area contributed by atoms with Gasteiger partial charge in [-0.25, -0.2) is 9.78 Å². The minimum atomic E-state index is -1.20. The fourth-order valence-corrected chi connectivity index (χ4v) is 1.54. The first-order valence-corrected chi connectivity index (χ1v) is 5.55. The van der Waals surface area contributed by atoms with Gasteiger partial charge in [0.1, 0.15) is 0 Å². The molecule has 100 valence electrons. The van der Waals surface area contributed by atoms with Crippen molar-refractivity contribution in [1.29, 1.82) is 0 Å². The number of ether oxygens (including phenoxy) is 1. The third kappa shape index (κ3) is 3.07. The van der Waals surface area contributed by atoms with E-state index in [1.54, 1.807) is 7.11 Å². The van der Waals surface area contributed by atoms with Crippen molar-refractivity contribution >= 4 is 11.9 Å². The van der Waals surface area contributed by atoms with Gasteiger partial charge >= 0.3 is 5.97 Å². The van der Waals surface area contributed by atoms with Gasteiger partial charge in [0.25, 0.3) is 5.91 Å². The summed E-state index contributed by atoms with van der Waals surface area (Å²) in [6, 6.07) is -0.0639. The number of nitrogens with one attached hydrogen (secondary N) is 1. The van der Waals surface area contributed by atoms with Crippen molar-refractivity contribution in [3.05, 3.63) is 17.7 Å². The lowest BCUT2D eigenvalue weighted by molar-refractivity contribution is 0.0608. The average molecular weight is 255 g/mol. The van der Waals surface area contributed by atoms with Gasteiger partial charge in [-0.3, -0.25) is 4.79 Å². The maximum atomic E-state index is 12.2. The van der Waals surface area contributed by atoms with E-state index in [4.69, 9.17) is 9.84 Å². The fourth-order valence-electron chi connectivity index (χ4n) is 1.54. The van der Waals surface area contributed by atoms with E-state index in [1.165, 1.54) is 11.2 Å². The highest BCUT2D eigenvalue weighted by Crippen LogP contribution is 2.10. The van der Waals surface area contributed by atoms with Crippen LogP contribution in [0.25, 0.3) is 0 Å². The predicted molar refractivity (Wildman–Crippen MR) is 63.6 cm³/mol. The number of methoxy groups -OCH3 is 1. The Balaban J connectivity index is 2.95. The Labute approximate surface area is 105 Å². The van der Waals surface area contributed by atoms with Gasteiger partial charge < -0.3 is 19.7 Å². The number of rotatable bonds is 6. The zero-order valence-corrected chi connectivity index (χ0v) is 10.6. The molecule has 1 amide bonds. The molecule has 1 aromatic heterocycles. The molecule has 0 saturated heterocycles. The molecule has 0 aliphatic heterocycles. The Morgan fingerprint density at radius 1 is 1.56 bits per heavy atom. The summed E-state index contributed by atoms with van der Waals surface area (Å²) < 4.78 is 4.93. The van der Waals surface area contributed by atoms with Gasteiger partial charge in [0.15, 0.2) is 11.4 Å². The van der Waals surface area contributed by atoms with E-state index >= 15 is 0 Å². The van der Waals surface area contributed by atoms with Gasteiger partial charge in [-0.05, 0) is 13.8 Å². The predicted octanol–water partition coefficient (Wildman–Crippen LogP) is 0.605. The van der Waals surface area contributed by atoms with E-state index in [1.807, 2.05) is 13.8 Å². The van der Waals surface area contributed by atoms with E-state index < -0.39 is 11.9 Å². The highest BCUT2D eigenvalue weighted by molar-refractivity contribution is 6.02. The number of carbonyl (C=O) groups excluding carboxylic acids is 1. The van der Waals surface area contributed by atoms with Crippen LogP contribution in [0.5, 0.6) is 0 Å². The van der Waals surface area contributed by atoms with E-state index in [2.05, 4.69) is 9.97 Å². The molecule has 1 aromatic rings. The molecule has 7 heteroatoms. The minimum absolute atomic E-state index is 0.0639. The largest absolute Gasteiger partial charge is 0.477 e. The zero-order valence-electron chi connectivity index (χ0n) is 10.6. The van der Waals surface area contributed by atoms with Crippen molar-refractivity contribution in [3.8, 4) is 0 Å². The number of amides is 1. The van der Waals surface area contributed by atoms with Crippen molar-refractivity contribution in [2.45, 2.75) is 19.9 Å². The Hall–Kier alpha value is -1.89. The lowest BCUT2D eigenvalue weighted by atomic mass is 10.2. The third-order valence-corrected chi connectivity index (χ3v) is 2.48. The van der Waals surface area contributed by atoms with Crippen LogP contribution in [0.4, 0.5) is 0 Å². The van der Waals surface area contributed by atoms with Crippen LogP contribution in [-0.2, 0) is 4.74 Å². The third-order valence-electron chi connectivity index (χ3n) is 2.48. The fraction of sp³-hybridized carbons (Fsp3) is 0.545. The first-order chi connectivity index (χ1) is 8.49. The number of carboxylic acid groups (broad SMARTS) is 1. The minimum Gasteiger partial charge on any atom is -0.477 e. The van der Waals surface area contributed by atoms with Crippen LogP contribution in [0, 0.1) is 0 Å². The lowest BCUT2D eigenvalue weighted by Gasteiger charge is -2.25. The number of aromatic amines is 1. The molecule has 0 aliphatic carbocycles. The van der Waals surface area contributed by atoms with Crippen molar-refractivity contribution < 1.29 is 19.4 Å². The van der Waals surface area contributed by atoms with Gasteiger partial charge in [-0.1, -0.05) is 0 Å². The van der Waals surface area contributed by atoms with Crippen molar-refractivity contribution in [2.75, 3.05) is 20.3 Å². The molecule has 0 fully saturated rings. The van der Waals surface area contributed by atoms with Gasteiger partial charge in [-0.2, -0.15) is 0 Å². The van der Waals surface area contributed by atoms with E-state index in [-0.39, 0.29) is 17.4 Å². The summed E-state index contributed by atoms with van der Waals surface area (Å²) in [5.74, 6) is -1.62. The standard InChI is InChI=1S/C11H17N3O4/c1-7(2)14(4-5-18-3)10(15)8-9(11(16)17)13-6-12-8/h6-7H,4-5H2,1-3H3,(H,12,13)(H,16,17). The summed E-state index contributed by atoms with van der Waals surface area (Å²) >= 11 is 0. The number of H-pyrrole nitrogens is 1. The monoisotopic (exact) mass is 255 g/mol. The number of nitrogens with zero attached hydrogens (tertiary/aromatic N) is 2. The summed E-state index contributed by atoms with van der Waals surface area (Å²) in [7, 11) is 1.54. The maximum Gasteiger partial charge on any atom is 0.354 e. The first kappa shape index (κ1) is 14.2. The summed E-state index contributed by atoms with van der Waals surface area (Å²) in [6.45, 7) is 4.47. The second-order valence-electron chi connectivity index (χ2n) is 4.02. The number of hydrogen-bond acceptors (Lipinski definition) is 4. The number of hydrogen-bond donors (Lipinski definition) is 2. The topological polar surface area (TPSA) is 95.5 Å². The van der Waals surface area contributed by atoms with E-state index in [0.717, 1.165) is 0 Å². The van der Waals surface area contributed by atoms with Crippen molar-refractivity contribution in [3.63, 3.8) is 0 Å². The van der Waals surface area contributed by atoms with Crippen LogP contribution in [0.1, 0.15) is 34.8 Å². The van der Waals surface area contributed by atoms with Crippen LogP contribution in [0.2, 0.25) is 0 Å². The molecular formula is C11H17N3O4.